The maximum atomic E-state index is 12.6. The van der Waals surface area contributed by atoms with Gasteiger partial charge in [-0.15, -0.1) is 0 Å². The van der Waals surface area contributed by atoms with Gasteiger partial charge in [-0.3, -0.25) is 18.5 Å². The molecule has 14 heteroatoms. The summed E-state index contributed by atoms with van der Waals surface area (Å²) in [4.78, 5) is 30.7. The monoisotopic (exact) mass is 475 g/mol. The van der Waals surface area contributed by atoms with Gasteiger partial charge in [0.1, 0.15) is 12.2 Å². The van der Waals surface area contributed by atoms with Crippen molar-refractivity contribution >= 4 is 24.7 Å². The normalized spacial score (nSPS) is 28.0. The van der Waals surface area contributed by atoms with Crippen LogP contribution >= 0.6 is 7.60 Å². The third kappa shape index (κ3) is 4.21. The summed E-state index contributed by atoms with van der Waals surface area (Å²) in [6, 6.07) is 0. The van der Waals surface area contributed by atoms with Gasteiger partial charge in [0.15, 0.2) is 22.7 Å². The van der Waals surface area contributed by atoms with Gasteiger partial charge in [-0.2, -0.15) is 4.98 Å². The van der Waals surface area contributed by atoms with Gasteiger partial charge in [-0.05, 0) is 27.2 Å². The fourth-order valence-corrected chi connectivity index (χ4v) is 4.87. The van der Waals surface area contributed by atoms with Crippen LogP contribution in [-0.2, 0) is 20.9 Å². The second-order valence-corrected chi connectivity index (χ2v) is 11.0. The number of hydrogen-bond donors (Lipinski definition) is 5. The van der Waals surface area contributed by atoms with Crippen LogP contribution in [-0.4, -0.2) is 68.6 Å². The number of imidazole rings is 1. The first kappa shape index (κ1) is 24.8. The van der Waals surface area contributed by atoms with E-state index in [0.717, 1.165) is 4.57 Å². The van der Waals surface area contributed by atoms with Crippen molar-refractivity contribution in [2.24, 2.45) is 7.05 Å². The van der Waals surface area contributed by atoms with Crippen LogP contribution in [0.4, 0.5) is 5.95 Å². The first-order valence-corrected chi connectivity index (χ1v) is 11.7. The lowest BCUT2D eigenvalue weighted by molar-refractivity contribution is -0.0636. The first-order chi connectivity index (χ1) is 14.6. The lowest BCUT2D eigenvalue weighted by atomic mass is 9.97. The summed E-state index contributed by atoms with van der Waals surface area (Å²) >= 11 is 0. The van der Waals surface area contributed by atoms with Gasteiger partial charge >= 0.3 is 7.60 Å². The molecule has 1 aliphatic rings. The third-order valence-corrected chi connectivity index (χ3v) is 8.07. The molecule has 2 unspecified atom stereocenters. The largest absolute Gasteiger partial charge is 0.388 e. The van der Waals surface area contributed by atoms with E-state index in [9.17, 15) is 29.6 Å². The van der Waals surface area contributed by atoms with E-state index in [1.54, 1.807) is 6.92 Å². The van der Waals surface area contributed by atoms with Crippen molar-refractivity contribution in [2.45, 2.75) is 76.0 Å². The lowest BCUT2D eigenvalue weighted by Gasteiger charge is -2.35. The summed E-state index contributed by atoms with van der Waals surface area (Å²) < 4.78 is 26.2. The molecule has 0 radical (unpaired) electrons. The highest BCUT2D eigenvalue weighted by Crippen LogP contribution is 2.58. The van der Waals surface area contributed by atoms with Crippen LogP contribution in [0.1, 0.15) is 46.8 Å². The molecule has 3 heterocycles. The van der Waals surface area contributed by atoms with Gasteiger partial charge in [0.25, 0.3) is 5.56 Å². The Morgan fingerprint density at radius 3 is 2.53 bits per heavy atom. The number of nitrogens with zero attached hydrogens (tertiary/aromatic N) is 4. The Hall–Kier alpha value is -1.86. The Morgan fingerprint density at radius 1 is 1.31 bits per heavy atom. The maximum Gasteiger partial charge on any atom is 0.359 e. The Morgan fingerprint density at radius 2 is 1.94 bits per heavy atom. The number of anilines is 1. The topological polar surface area (TPSA) is 195 Å². The summed E-state index contributed by atoms with van der Waals surface area (Å²) in [6.07, 6.45) is -3.79. The van der Waals surface area contributed by atoms with Gasteiger partial charge in [0, 0.05) is 13.5 Å². The van der Waals surface area contributed by atoms with Gasteiger partial charge in [0.05, 0.1) is 18.0 Å². The van der Waals surface area contributed by atoms with Crippen molar-refractivity contribution in [3.8, 4) is 0 Å². The molecule has 1 fully saturated rings. The summed E-state index contributed by atoms with van der Waals surface area (Å²) in [7, 11) is -2.99. The fourth-order valence-electron chi connectivity index (χ4n) is 3.53. The Balaban J connectivity index is 1.85. The predicted octanol–water partition coefficient (Wildman–Crippen LogP) is -0.179. The van der Waals surface area contributed by atoms with E-state index in [1.165, 1.54) is 38.7 Å². The zero-order valence-corrected chi connectivity index (χ0v) is 19.4. The highest BCUT2D eigenvalue weighted by molar-refractivity contribution is 7.54. The molecule has 6 N–H and O–H groups in total. The van der Waals surface area contributed by atoms with Gasteiger partial charge in [-0.25, -0.2) is 4.98 Å². The molecule has 2 aromatic heterocycles. The Kier molecular flexibility index (Phi) is 6.33. The predicted molar refractivity (Wildman–Crippen MR) is 114 cm³/mol. The molecule has 32 heavy (non-hydrogen) atoms. The van der Waals surface area contributed by atoms with E-state index in [-0.39, 0.29) is 30.0 Å². The number of fused-ring (bicyclic) bond motifs is 1. The second-order valence-electron chi connectivity index (χ2n) is 8.85. The number of rotatable bonds is 7. The highest BCUT2D eigenvalue weighted by Gasteiger charge is 2.50. The number of aliphatic hydroxyl groups excluding tert-OH is 2. The summed E-state index contributed by atoms with van der Waals surface area (Å²) in [6.45, 7) is 5.77. The van der Waals surface area contributed by atoms with Crippen LogP contribution in [0.5, 0.6) is 0 Å². The average Bonchev–Trinajstić information content (AvgIpc) is 3.21. The number of nitrogen functional groups attached to an aromatic ring is 1. The van der Waals surface area contributed by atoms with Crippen LogP contribution in [0.15, 0.2) is 11.1 Å². The molecule has 1 aliphatic heterocycles. The van der Waals surface area contributed by atoms with Crippen LogP contribution in [0.25, 0.3) is 11.2 Å². The molecule has 2 aromatic rings. The van der Waals surface area contributed by atoms with Crippen molar-refractivity contribution in [3.63, 3.8) is 0 Å². The zero-order valence-electron chi connectivity index (χ0n) is 18.5. The SMILES string of the molecule is CCC(C)(O)P(=O)(O)OC(C)(C)C[C@H]1O[C@@H](n2cnc3c(=O)n(C)c(N)nc32)[C@H](O)[C@@H]1O. The molecule has 6 atom stereocenters. The molecular formula is C18H30N5O8P. The molecule has 0 saturated carbocycles. The standard InChI is InChI=1S/C18H30N5O8P/c1-6-18(4,27)32(28,29)31-17(2,3)7-9-11(24)12(25)15(30-9)23-8-20-10-13(23)21-16(19)22(5)14(10)26/h8-9,11-12,15,24-25,27H,6-7H2,1-5H3,(H2,19,21)(H,28,29)/t9-,11-,12-,15-,18?/m1/s1. The molecular weight excluding hydrogens is 445 g/mol. The minimum atomic E-state index is -4.44. The smallest absolute Gasteiger partial charge is 0.359 e. The second kappa shape index (κ2) is 8.17. The van der Waals surface area contributed by atoms with E-state index in [4.69, 9.17) is 15.0 Å². The number of nitrogens with two attached hydrogens (primary N) is 1. The fraction of sp³-hybridized carbons (Fsp3) is 0.722. The molecule has 0 bridgehead atoms. The molecule has 0 amide bonds. The molecule has 3 rings (SSSR count). The quantitative estimate of drug-likeness (QED) is 0.333. The van der Waals surface area contributed by atoms with Crippen LogP contribution in [0.3, 0.4) is 0 Å². The van der Waals surface area contributed by atoms with Crippen molar-refractivity contribution in [3.05, 3.63) is 16.7 Å². The summed E-state index contributed by atoms with van der Waals surface area (Å²) in [5, 5.41) is 29.4. The zero-order chi connectivity index (χ0) is 24.2. The van der Waals surface area contributed by atoms with E-state index in [1.807, 2.05) is 0 Å². The molecule has 0 aromatic carbocycles. The number of aromatic nitrogens is 4. The first-order valence-electron chi connectivity index (χ1n) is 10.1. The van der Waals surface area contributed by atoms with Crippen LogP contribution < -0.4 is 11.3 Å². The number of hydrogen-bond acceptors (Lipinski definition) is 10. The molecule has 180 valence electrons. The molecule has 0 aliphatic carbocycles. The van der Waals surface area contributed by atoms with Gasteiger partial charge in [-0.1, -0.05) is 6.92 Å². The van der Waals surface area contributed by atoms with Crippen molar-refractivity contribution < 1.29 is 34.0 Å². The average molecular weight is 475 g/mol. The Labute approximate surface area is 184 Å². The van der Waals surface area contributed by atoms with Gasteiger partial charge in [0.2, 0.25) is 5.95 Å². The minimum Gasteiger partial charge on any atom is -0.388 e. The van der Waals surface area contributed by atoms with E-state index < -0.39 is 48.6 Å². The lowest BCUT2D eigenvalue weighted by Crippen LogP contribution is -2.38. The highest BCUT2D eigenvalue weighted by atomic mass is 31.2. The molecule has 0 spiro atoms. The number of aliphatic hydroxyl groups is 3. The van der Waals surface area contributed by atoms with Crippen molar-refractivity contribution in [1.82, 2.24) is 19.1 Å². The summed E-state index contributed by atoms with van der Waals surface area (Å²) in [5.74, 6) is -0.0648. The van der Waals surface area contributed by atoms with Crippen LogP contribution in [0, 0.1) is 0 Å². The third-order valence-electron chi connectivity index (χ3n) is 5.79. The molecule has 13 nitrogen and oxygen atoms in total. The maximum absolute atomic E-state index is 12.6. The number of ether oxygens (including phenoxy) is 1. The molecule has 1 saturated heterocycles. The Bertz CT molecular complexity index is 1110. The van der Waals surface area contributed by atoms with Crippen molar-refractivity contribution in [1.29, 1.82) is 0 Å². The van der Waals surface area contributed by atoms with Crippen molar-refractivity contribution in [2.75, 3.05) is 5.73 Å². The minimum absolute atomic E-state index is 0.0104. The van der Waals surface area contributed by atoms with E-state index in [2.05, 4.69) is 9.97 Å². The van der Waals surface area contributed by atoms with Gasteiger partial charge < -0.3 is 35.2 Å². The van der Waals surface area contributed by atoms with E-state index >= 15 is 0 Å². The van der Waals surface area contributed by atoms with Crippen LogP contribution in [0.2, 0.25) is 0 Å². The summed E-state index contributed by atoms with van der Waals surface area (Å²) in [5.41, 5.74) is 4.07. The van der Waals surface area contributed by atoms with E-state index in [0.29, 0.717) is 0 Å².